The Labute approximate surface area is 152 Å². The zero-order valence-corrected chi connectivity index (χ0v) is 15.8. The molecule has 1 aromatic rings. The molecule has 3 N–H and O–H groups in total. The number of alkyl halides is 3. The van der Waals surface area contributed by atoms with Crippen LogP contribution in [0.25, 0.3) is 0 Å². The van der Waals surface area contributed by atoms with Gasteiger partial charge in [0, 0.05) is 11.0 Å². The van der Waals surface area contributed by atoms with Gasteiger partial charge in [-0.1, -0.05) is 18.2 Å². The van der Waals surface area contributed by atoms with Crippen LogP contribution in [0.3, 0.4) is 0 Å². The van der Waals surface area contributed by atoms with Crippen LogP contribution >= 0.6 is 24.0 Å². The molecule has 1 saturated carbocycles. The predicted molar refractivity (Wildman–Crippen MR) is 97.1 cm³/mol. The Kier molecular flexibility index (Phi) is 5.98. The SMILES string of the molecule is CC(C)(C)NC(N)=NCC1(c2cccc(C(F)(F)F)c2)CC1.I. The fourth-order valence-electron chi connectivity index (χ4n) is 2.37. The Bertz CT molecular complexity index is 573. The van der Waals surface area contributed by atoms with Crippen LogP contribution in [0.1, 0.15) is 44.7 Å². The molecule has 0 atom stereocenters. The third-order valence-corrected chi connectivity index (χ3v) is 3.71. The number of benzene rings is 1. The van der Waals surface area contributed by atoms with E-state index in [1.54, 1.807) is 6.07 Å². The Morgan fingerprint density at radius 3 is 2.35 bits per heavy atom. The summed E-state index contributed by atoms with van der Waals surface area (Å²) in [6.07, 6.45) is -2.65. The molecule has 0 heterocycles. The topological polar surface area (TPSA) is 50.4 Å². The van der Waals surface area contributed by atoms with Crippen LogP contribution in [0.4, 0.5) is 13.2 Å². The normalized spacial score (nSPS) is 17.4. The first kappa shape index (κ1) is 20.1. The third kappa shape index (κ3) is 5.54. The van der Waals surface area contributed by atoms with Gasteiger partial charge in [-0.3, -0.25) is 4.99 Å². The van der Waals surface area contributed by atoms with Crippen molar-refractivity contribution in [1.82, 2.24) is 5.32 Å². The Balaban J connectivity index is 0.00000264. The summed E-state index contributed by atoms with van der Waals surface area (Å²) in [6.45, 7) is 6.31. The zero-order valence-electron chi connectivity index (χ0n) is 13.5. The van der Waals surface area contributed by atoms with Crippen molar-refractivity contribution in [1.29, 1.82) is 0 Å². The minimum Gasteiger partial charge on any atom is -0.370 e. The summed E-state index contributed by atoms with van der Waals surface area (Å²) < 4.78 is 38.5. The van der Waals surface area contributed by atoms with Crippen LogP contribution in [0.5, 0.6) is 0 Å². The van der Waals surface area contributed by atoms with Crippen molar-refractivity contribution >= 4 is 29.9 Å². The van der Waals surface area contributed by atoms with E-state index in [0.29, 0.717) is 18.1 Å². The van der Waals surface area contributed by atoms with Gasteiger partial charge in [0.15, 0.2) is 5.96 Å². The van der Waals surface area contributed by atoms with Crippen LogP contribution in [-0.2, 0) is 11.6 Å². The molecule has 1 fully saturated rings. The molecular formula is C16H23F3IN3. The summed E-state index contributed by atoms with van der Waals surface area (Å²) in [5.41, 5.74) is 5.42. The number of halogens is 4. The van der Waals surface area contributed by atoms with Crippen molar-refractivity contribution in [3.05, 3.63) is 35.4 Å². The van der Waals surface area contributed by atoms with Crippen LogP contribution in [0, 0.1) is 0 Å². The molecule has 3 nitrogen and oxygen atoms in total. The van der Waals surface area contributed by atoms with Gasteiger partial charge < -0.3 is 11.1 Å². The summed E-state index contributed by atoms with van der Waals surface area (Å²) in [6, 6.07) is 5.53. The second kappa shape index (κ2) is 6.86. The molecule has 0 aromatic heterocycles. The first-order chi connectivity index (χ1) is 10.0. The van der Waals surface area contributed by atoms with Gasteiger partial charge in [-0.05, 0) is 45.2 Å². The summed E-state index contributed by atoms with van der Waals surface area (Å²) >= 11 is 0. The van der Waals surface area contributed by atoms with Gasteiger partial charge in [-0.25, -0.2) is 0 Å². The van der Waals surface area contributed by atoms with E-state index in [9.17, 15) is 13.2 Å². The molecule has 1 aliphatic rings. The van der Waals surface area contributed by atoms with E-state index in [-0.39, 0.29) is 34.9 Å². The van der Waals surface area contributed by atoms with Gasteiger partial charge in [0.1, 0.15) is 0 Å². The van der Waals surface area contributed by atoms with Crippen LogP contribution in [0.15, 0.2) is 29.3 Å². The quantitative estimate of drug-likeness (QED) is 0.423. The molecule has 1 aromatic carbocycles. The number of nitrogens with zero attached hydrogens (tertiary/aromatic N) is 1. The average Bonchev–Trinajstić information content (AvgIpc) is 3.15. The van der Waals surface area contributed by atoms with Gasteiger partial charge >= 0.3 is 6.18 Å². The summed E-state index contributed by atoms with van der Waals surface area (Å²) in [5.74, 6) is 0.325. The van der Waals surface area contributed by atoms with E-state index < -0.39 is 11.7 Å². The van der Waals surface area contributed by atoms with E-state index in [1.807, 2.05) is 20.8 Å². The maximum atomic E-state index is 12.8. The van der Waals surface area contributed by atoms with E-state index in [2.05, 4.69) is 10.3 Å². The molecule has 1 aliphatic carbocycles. The lowest BCUT2D eigenvalue weighted by Crippen LogP contribution is -2.45. The highest BCUT2D eigenvalue weighted by Gasteiger charge is 2.45. The fraction of sp³-hybridized carbons (Fsp3) is 0.562. The van der Waals surface area contributed by atoms with Gasteiger partial charge in [0.25, 0.3) is 0 Å². The first-order valence-electron chi connectivity index (χ1n) is 7.28. The van der Waals surface area contributed by atoms with Crippen molar-refractivity contribution in [3.8, 4) is 0 Å². The molecule has 0 saturated heterocycles. The zero-order chi connectivity index (χ0) is 16.6. The molecule has 0 amide bonds. The highest BCUT2D eigenvalue weighted by atomic mass is 127. The maximum Gasteiger partial charge on any atom is 0.416 e. The van der Waals surface area contributed by atoms with E-state index in [1.165, 1.54) is 12.1 Å². The molecule has 0 aliphatic heterocycles. The van der Waals surface area contributed by atoms with Crippen LogP contribution in [-0.4, -0.2) is 18.0 Å². The van der Waals surface area contributed by atoms with Gasteiger partial charge in [0.05, 0.1) is 12.1 Å². The van der Waals surface area contributed by atoms with Gasteiger partial charge in [-0.2, -0.15) is 13.2 Å². The average molecular weight is 441 g/mol. The van der Waals surface area contributed by atoms with E-state index >= 15 is 0 Å². The lowest BCUT2D eigenvalue weighted by Gasteiger charge is -2.22. The second-order valence-corrected chi connectivity index (χ2v) is 6.94. The van der Waals surface area contributed by atoms with Gasteiger partial charge in [0.2, 0.25) is 0 Å². The second-order valence-electron chi connectivity index (χ2n) is 6.94. The minimum atomic E-state index is -4.32. The Morgan fingerprint density at radius 2 is 1.87 bits per heavy atom. The summed E-state index contributed by atoms with van der Waals surface area (Å²) in [4.78, 5) is 4.31. The summed E-state index contributed by atoms with van der Waals surface area (Å²) in [7, 11) is 0. The molecule has 0 spiro atoms. The number of hydrogen-bond acceptors (Lipinski definition) is 1. The highest BCUT2D eigenvalue weighted by Crippen LogP contribution is 2.49. The van der Waals surface area contributed by atoms with Crippen LogP contribution in [0.2, 0.25) is 0 Å². The molecule has 0 unspecified atom stereocenters. The number of hydrogen-bond donors (Lipinski definition) is 2. The highest BCUT2D eigenvalue weighted by molar-refractivity contribution is 14.0. The van der Waals surface area contributed by atoms with E-state index in [4.69, 9.17) is 5.73 Å². The lowest BCUT2D eigenvalue weighted by molar-refractivity contribution is -0.137. The predicted octanol–water partition coefficient (Wildman–Crippen LogP) is 4.06. The molecular weight excluding hydrogens is 418 g/mol. The smallest absolute Gasteiger partial charge is 0.370 e. The molecule has 23 heavy (non-hydrogen) atoms. The summed E-state index contributed by atoms with van der Waals surface area (Å²) in [5, 5.41) is 3.05. The fourth-order valence-corrected chi connectivity index (χ4v) is 2.37. The largest absolute Gasteiger partial charge is 0.416 e. The monoisotopic (exact) mass is 441 g/mol. The van der Waals surface area contributed by atoms with Crippen molar-refractivity contribution in [3.63, 3.8) is 0 Å². The molecule has 0 radical (unpaired) electrons. The van der Waals surface area contributed by atoms with Crippen molar-refractivity contribution in [2.24, 2.45) is 10.7 Å². The molecule has 2 rings (SSSR count). The number of guanidine groups is 1. The first-order valence-corrected chi connectivity index (χ1v) is 7.28. The van der Waals surface area contributed by atoms with Gasteiger partial charge in [-0.15, -0.1) is 24.0 Å². The minimum absolute atomic E-state index is 0. The maximum absolute atomic E-state index is 12.8. The third-order valence-electron chi connectivity index (χ3n) is 3.71. The molecule has 7 heteroatoms. The van der Waals surface area contributed by atoms with Crippen molar-refractivity contribution in [2.45, 2.75) is 50.7 Å². The lowest BCUT2D eigenvalue weighted by atomic mass is 9.94. The number of rotatable bonds is 3. The van der Waals surface area contributed by atoms with Crippen molar-refractivity contribution < 1.29 is 13.2 Å². The Hall–Kier alpha value is -0.990. The van der Waals surface area contributed by atoms with E-state index in [0.717, 1.165) is 18.9 Å². The van der Waals surface area contributed by atoms with Crippen LogP contribution < -0.4 is 11.1 Å². The Morgan fingerprint density at radius 1 is 1.26 bits per heavy atom. The number of nitrogens with two attached hydrogens (primary N) is 1. The molecule has 0 bridgehead atoms. The standard InChI is InChI=1S/C16H22F3N3.HI/c1-14(2,3)22-13(20)21-10-15(7-8-15)11-5-4-6-12(9-11)16(17,18)19;/h4-6,9H,7-8,10H2,1-3H3,(H3,20,21,22);1H. The van der Waals surface area contributed by atoms with Crippen molar-refractivity contribution in [2.75, 3.05) is 6.54 Å². The number of nitrogens with one attached hydrogen (secondary N) is 1. The molecule has 130 valence electrons. The number of aliphatic imine (C=N–C) groups is 1.